The van der Waals surface area contributed by atoms with Crippen LogP contribution in [-0.4, -0.2) is 64.7 Å². The summed E-state index contributed by atoms with van der Waals surface area (Å²) >= 11 is 6.23. The van der Waals surface area contributed by atoms with E-state index in [-0.39, 0.29) is 23.2 Å². The van der Waals surface area contributed by atoms with Crippen LogP contribution >= 0.6 is 11.6 Å². The molecule has 0 aliphatic rings. The first-order valence-electron chi connectivity index (χ1n) is 12.1. The van der Waals surface area contributed by atoms with Gasteiger partial charge in [-0.2, -0.15) is 0 Å². The number of carbonyl (C=O) groups is 2. The summed E-state index contributed by atoms with van der Waals surface area (Å²) in [6.45, 7) is 3.91. The van der Waals surface area contributed by atoms with Crippen LogP contribution in [0.5, 0.6) is 11.5 Å². The molecule has 0 bridgehead atoms. The van der Waals surface area contributed by atoms with Crippen LogP contribution < -0.4 is 19.1 Å². The van der Waals surface area contributed by atoms with E-state index in [1.165, 1.54) is 30.2 Å². The highest BCUT2D eigenvalue weighted by molar-refractivity contribution is 7.92. The van der Waals surface area contributed by atoms with E-state index in [4.69, 9.17) is 21.1 Å². The van der Waals surface area contributed by atoms with Gasteiger partial charge in [-0.3, -0.25) is 13.9 Å². The second-order valence-electron chi connectivity index (χ2n) is 8.53. The van der Waals surface area contributed by atoms with E-state index in [0.29, 0.717) is 24.5 Å². The van der Waals surface area contributed by atoms with Gasteiger partial charge < -0.3 is 19.7 Å². The smallest absolute Gasteiger partial charge is 0.244 e. The van der Waals surface area contributed by atoms with Crippen molar-refractivity contribution < 1.29 is 27.5 Å². The molecule has 2 rings (SSSR count). The molecule has 0 aliphatic carbocycles. The number of ether oxygens (including phenoxy) is 2. The highest BCUT2D eigenvalue weighted by Crippen LogP contribution is 2.30. The van der Waals surface area contributed by atoms with Gasteiger partial charge in [0.15, 0.2) is 0 Å². The summed E-state index contributed by atoms with van der Waals surface area (Å²) in [6, 6.07) is 10.9. The summed E-state index contributed by atoms with van der Waals surface area (Å²) in [5.41, 5.74) is 0.953. The third kappa shape index (κ3) is 8.53. The van der Waals surface area contributed by atoms with Crippen LogP contribution in [0.15, 0.2) is 42.5 Å². The van der Waals surface area contributed by atoms with Crippen molar-refractivity contribution in [2.24, 2.45) is 0 Å². The van der Waals surface area contributed by atoms with Crippen molar-refractivity contribution in [1.29, 1.82) is 0 Å². The minimum absolute atomic E-state index is 0.0940. The van der Waals surface area contributed by atoms with Gasteiger partial charge in [0, 0.05) is 13.1 Å². The van der Waals surface area contributed by atoms with E-state index in [9.17, 15) is 18.0 Å². The van der Waals surface area contributed by atoms with E-state index in [1.54, 1.807) is 25.3 Å². The van der Waals surface area contributed by atoms with E-state index in [0.717, 1.165) is 29.0 Å². The van der Waals surface area contributed by atoms with Crippen LogP contribution in [-0.2, 0) is 26.2 Å². The summed E-state index contributed by atoms with van der Waals surface area (Å²) in [5.74, 6) is 0.166. The number of halogens is 1. The Hall–Kier alpha value is -2.98. The maximum absolute atomic E-state index is 13.7. The van der Waals surface area contributed by atoms with Crippen molar-refractivity contribution in [3.63, 3.8) is 0 Å². The summed E-state index contributed by atoms with van der Waals surface area (Å²) in [6.07, 6.45) is 3.09. The number of carbonyl (C=O) groups excluding carboxylic acids is 2. The van der Waals surface area contributed by atoms with Gasteiger partial charge in [0.25, 0.3) is 0 Å². The molecule has 1 atom stereocenters. The van der Waals surface area contributed by atoms with E-state index < -0.39 is 28.5 Å². The molecule has 0 radical (unpaired) electrons. The number of unbranched alkanes of at least 4 members (excludes halogenated alkanes) is 1. The monoisotopic (exact) mass is 553 g/mol. The highest BCUT2D eigenvalue weighted by Gasteiger charge is 2.32. The molecule has 0 heterocycles. The third-order valence-electron chi connectivity index (χ3n) is 5.81. The Morgan fingerprint density at radius 1 is 1.08 bits per heavy atom. The normalized spacial score (nSPS) is 11.9. The van der Waals surface area contributed by atoms with Gasteiger partial charge in [0.2, 0.25) is 21.8 Å². The molecule has 204 valence electrons. The first-order chi connectivity index (χ1) is 17.5. The lowest BCUT2D eigenvalue weighted by molar-refractivity contribution is -0.140. The first-order valence-corrected chi connectivity index (χ1v) is 14.3. The van der Waals surface area contributed by atoms with Crippen LogP contribution in [0.25, 0.3) is 0 Å². The number of anilines is 1. The van der Waals surface area contributed by atoms with Crippen LogP contribution in [0.3, 0.4) is 0 Å². The van der Waals surface area contributed by atoms with Crippen molar-refractivity contribution in [3.8, 4) is 11.5 Å². The fourth-order valence-corrected chi connectivity index (χ4v) is 4.91. The first kappa shape index (κ1) is 30.2. The number of hydrogen-bond donors (Lipinski definition) is 1. The van der Waals surface area contributed by atoms with Gasteiger partial charge >= 0.3 is 0 Å². The highest BCUT2D eigenvalue weighted by atomic mass is 35.5. The predicted octanol–water partition coefficient (Wildman–Crippen LogP) is 3.85. The summed E-state index contributed by atoms with van der Waals surface area (Å²) < 4.78 is 36.9. The molecule has 0 saturated heterocycles. The fraction of sp³-hybridized carbons (Fsp3) is 0.462. The molecule has 1 N–H and O–H groups in total. The SMILES string of the molecule is CCCCNC(=O)[C@H](CC)N(Cc1cccc(OC)c1)C(=O)CN(c1ccc(OC)c(Cl)c1)S(C)(=O)=O. The van der Waals surface area contributed by atoms with Gasteiger partial charge in [0.05, 0.1) is 31.2 Å². The maximum atomic E-state index is 13.7. The Morgan fingerprint density at radius 2 is 1.81 bits per heavy atom. The Bertz CT molecular complexity index is 1170. The molecule has 2 aromatic carbocycles. The molecule has 2 aromatic rings. The average molecular weight is 554 g/mol. The molecular weight excluding hydrogens is 518 g/mol. The van der Waals surface area contributed by atoms with Crippen molar-refractivity contribution in [3.05, 3.63) is 53.1 Å². The van der Waals surface area contributed by atoms with E-state index in [1.807, 2.05) is 19.9 Å². The second kappa shape index (κ2) is 14.1. The molecule has 0 fully saturated rings. The average Bonchev–Trinajstić information content (AvgIpc) is 2.86. The number of hydrogen-bond acceptors (Lipinski definition) is 6. The topological polar surface area (TPSA) is 105 Å². The van der Waals surface area contributed by atoms with Gasteiger partial charge in [-0.1, -0.05) is 44.0 Å². The zero-order chi connectivity index (χ0) is 27.6. The molecule has 0 aliphatic heterocycles. The maximum Gasteiger partial charge on any atom is 0.244 e. The number of sulfonamides is 1. The van der Waals surface area contributed by atoms with Crippen molar-refractivity contribution in [2.75, 3.05) is 37.9 Å². The largest absolute Gasteiger partial charge is 0.497 e. The lowest BCUT2D eigenvalue weighted by atomic mass is 10.1. The molecule has 11 heteroatoms. The fourth-order valence-electron chi connectivity index (χ4n) is 3.82. The van der Waals surface area contributed by atoms with Crippen LogP contribution in [0.1, 0.15) is 38.7 Å². The van der Waals surface area contributed by atoms with Crippen molar-refractivity contribution >= 4 is 39.1 Å². The molecular formula is C26H36ClN3O6S. The zero-order valence-electron chi connectivity index (χ0n) is 22.0. The minimum Gasteiger partial charge on any atom is -0.497 e. The number of methoxy groups -OCH3 is 2. The lowest BCUT2D eigenvalue weighted by Crippen LogP contribution is -2.52. The van der Waals surface area contributed by atoms with Crippen LogP contribution in [0, 0.1) is 0 Å². The summed E-state index contributed by atoms with van der Waals surface area (Å²) in [7, 11) is -0.877. The third-order valence-corrected chi connectivity index (χ3v) is 7.24. The van der Waals surface area contributed by atoms with Crippen LogP contribution in [0.4, 0.5) is 5.69 Å². The number of nitrogens with zero attached hydrogens (tertiary/aromatic N) is 2. The molecule has 0 aromatic heterocycles. The Labute approximate surface area is 224 Å². The van der Waals surface area contributed by atoms with Gasteiger partial charge in [0.1, 0.15) is 24.1 Å². The van der Waals surface area contributed by atoms with Gasteiger partial charge in [-0.15, -0.1) is 0 Å². The molecule has 9 nitrogen and oxygen atoms in total. The molecule has 0 saturated carbocycles. The summed E-state index contributed by atoms with van der Waals surface area (Å²) in [4.78, 5) is 28.2. The number of nitrogens with one attached hydrogen (secondary N) is 1. The van der Waals surface area contributed by atoms with Crippen molar-refractivity contribution in [1.82, 2.24) is 10.2 Å². The Morgan fingerprint density at radius 3 is 2.38 bits per heavy atom. The molecule has 37 heavy (non-hydrogen) atoms. The number of rotatable bonds is 14. The summed E-state index contributed by atoms with van der Waals surface area (Å²) in [5, 5.41) is 3.10. The van der Waals surface area contributed by atoms with Crippen molar-refractivity contribution in [2.45, 2.75) is 45.7 Å². The lowest BCUT2D eigenvalue weighted by Gasteiger charge is -2.33. The van der Waals surface area contributed by atoms with E-state index in [2.05, 4.69) is 5.32 Å². The minimum atomic E-state index is -3.87. The Balaban J connectivity index is 2.45. The molecule has 0 unspecified atom stereocenters. The standard InChI is InChI=1S/C26H36ClN3O6S/c1-6-8-14-28-26(32)23(7-2)29(17-19-10-9-11-21(15-19)35-3)25(31)18-30(37(5,33)34)20-12-13-24(36-4)22(27)16-20/h9-13,15-16,23H,6-8,14,17-18H2,1-5H3,(H,28,32)/t23-/m0/s1. The van der Waals surface area contributed by atoms with Crippen LogP contribution in [0.2, 0.25) is 5.02 Å². The molecule has 2 amide bonds. The van der Waals surface area contributed by atoms with Gasteiger partial charge in [-0.05, 0) is 48.7 Å². The van der Waals surface area contributed by atoms with Gasteiger partial charge in [-0.25, -0.2) is 8.42 Å². The van der Waals surface area contributed by atoms with E-state index >= 15 is 0 Å². The predicted molar refractivity (Wildman–Crippen MR) is 146 cm³/mol. The zero-order valence-corrected chi connectivity index (χ0v) is 23.6. The number of benzene rings is 2. The Kier molecular flexibility index (Phi) is 11.5. The quantitative estimate of drug-likeness (QED) is 0.356. The second-order valence-corrected chi connectivity index (χ2v) is 10.8. The number of amides is 2. The molecule has 0 spiro atoms.